The standard InChI is InChI=1S/C23H13N3O/c27-21-7-3-6-18-23(21)26-22-16-11-15-10-14-4-1-2-5-17(14)24-20(15)12-13(16)8-9-19(22)25-18/h1-6,8-12H,7H2. The van der Waals surface area contributed by atoms with E-state index >= 15 is 0 Å². The van der Waals surface area contributed by atoms with Gasteiger partial charge >= 0.3 is 0 Å². The van der Waals surface area contributed by atoms with Crippen LogP contribution in [0.5, 0.6) is 0 Å². The highest BCUT2D eigenvalue weighted by Gasteiger charge is 2.18. The van der Waals surface area contributed by atoms with E-state index in [-0.39, 0.29) is 5.78 Å². The molecule has 0 spiro atoms. The van der Waals surface area contributed by atoms with Crippen molar-refractivity contribution in [3.63, 3.8) is 0 Å². The van der Waals surface area contributed by atoms with Gasteiger partial charge in [0.2, 0.25) is 0 Å². The Labute approximate surface area is 154 Å². The van der Waals surface area contributed by atoms with Gasteiger partial charge in [-0.2, -0.15) is 0 Å². The number of hydrogen-bond donors (Lipinski definition) is 0. The molecule has 4 heteroatoms. The zero-order chi connectivity index (χ0) is 18.0. The fourth-order valence-electron chi connectivity index (χ4n) is 3.83. The van der Waals surface area contributed by atoms with Gasteiger partial charge in [0.25, 0.3) is 0 Å². The largest absolute Gasteiger partial charge is 0.292 e. The maximum atomic E-state index is 12.3. The fourth-order valence-corrected chi connectivity index (χ4v) is 3.83. The zero-order valence-electron chi connectivity index (χ0n) is 14.3. The number of fused-ring (bicyclic) bond motifs is 6. The highest BCUT2D eigenvalue weighted by atomic mass is 16.1. The Balaban J connectivity index is 1.74. The lowest BCUT2D eigenvalue weighted by Gasteiger charge is -2.11. The second-order valence-corrected chi connectivity index (χ2v) is 6.87. The van der Waals surface area contributed by atoms with Gasteiger partial charge in [-0.05, 0) is 41.8 Å². The molecule has 4 nitrogen and oxygen atoms in total. The number of ketones is 1. The lowest BCUT2D eigenvalue weighted by molar-refractivity contribution is 0.0989. The first kappa shape index (κ1) is 14.5. The molecule has 2 heterocycles. The Morgan fingerprint density at radius 1 is 0.741 bits per heavy atom. The summed E-state index contributed by atoms with van der Waals surface area (Å²) >= 11 is 0. The van der Waals surface area contributed by atoms with Crippen LogP contribution in [-0.4, -0.2) is 20.7 Å². The normalized spacial score (nSPS) is 13.7. The Morgan fingerprint density at radius 3 is 2.63 bits per heavy atom. The summed E-state index contributed by atoms with van der Waals surface area (Å²) in [6.07, 6.45) is 4.11. The molecule has 0 N–H and O–H groups in total. The van der Waals surface area contributed by atoms with Crippen LogP contribution in [0.2, 0.25) is 0 Å². The summed E-state index contributed by atoms with van der Waals surface area (Å²) in [4.78, 5) is 26.4. The molecule has 1 aliphatic rings. The third-order valence-corrected chi connectivity index (χ3v) is 5.16. The Hall–Kier alpha value is -3.66. The second kappa shape index (κ2) is 5.17. The molecule has 0 unspecified atom stereocenters. The molecule has 3 aromatic carbocycles. The van der Waals surface area contributed by atoms with E-state index in [0.717, 1.165) is 43.6 Å². The number of pyridine rings is 1. The molecular formula is C23H13N3O. The van der Waals surface area contributed by atoms with Crippen molar-refractivity contribution < 1.29 is 4.79 Å². The highest BCUT2D eigenvalue weighted by molar-refractivity contribution is 6.11. The monoisotopic (exact) mass is 347 g/mol. The van der Waals surface area contributed by atoms with Crippen LogP contribution in [0.25, 0.3) is 49.7 Å². The zero-order valence-corrected chi connectivity index (χ0v) is 14.3. The molecule has 0 fully saturated rings. The summed E-state index contributed by atoms with van der Waals surface area (Å²) in [5.74, 6) is 0.0207. The average molecular weight is 347 g/mol. The van der Waals surface area contributed by atoms with Crippen LogP contribution in [0.4, 0.5) is 0 Å². The predicted molar refractivity (Wildman–Crippen MR) is 108 cm³/mol. The number of carbonyl (C=O) groups is 1. The minimum Gasteiger partial charge on any atom is -0.292 e. The Bertz CT molecular complexity index is 1470. The smallest absolute Gasteiger partial charge is 0.187 e. The van der Waals surface area contributed by atoms with Crippen LogP contribution in [0.1, 0.15) is 22.6 Å². The number of para-hydroxylation sites is 1. The van der Waals surface area contributed by atoms with Crippen LogP contribution >= 0.6 is 0 Å². The lowest BCUT2D eigenvalue weighted by atomic mass is 10.0. The molecule has 0 saturated carbocycles. The van der Waals surface area contributed by atoms with Crippen LogP contribution in [0, 0.1) is 0 Å². The Kier molecular flexibility index (Phi) is 2.78. The third-order valence-electron chi connectivity index (χ3n) is 5.16. The van der Waals surface area contributed by atoms with Crippen molar-refractivity contribution in [2.24, 2.45) is 0 Å². The summed E-state index contributed by atoms with van der Waals surface area (Å²) in [7, 11) is 0. The van der Waals surface area contributed by atoms with Gasteiger partial charge in [0.05, 0.1) is 27.8 Å². The van der Waals surface area contributed by atoms with Crippen LogP contribution in [0.3, 0.4) is 0 Å². The Morgan fingerprint density at radius 2 is 1.67 bits per heavy atom. The summed E-state index contributed by atoms with van der Waals surface area (Å²) in [5, 5.41) is 4.20. The molecule has 5 aromatic rings. The summed E-state index contributed by atoms with van der Waals surface area (Å²) in [6.45, 7) is 0. The number of carbonyl (C=O) groups excluding carboxylic acids is 1. The number of hydrogen-bond acceptors (Lipinski definition) is 4. The van der Waals surface area contributed by atoms with E-state index in [9.17, 15) is 4.79 Å². The van der Waals surface area contributed by atoms with Crippen LogP contribution in [0.15, 0.2) is 60.7 Å². The van der Waals surface area contributed by atoms with Crippen molar-refractivity contribution in [2.75, 3.05) is 0 Å². The minimum absolute atomic E-state index is 0.0207. The SMILES string of the molecule is O=C1CC=Cc2nc3ccc4cc5nc6ccccc6cc5cc4c3nc21. The first-order valence-electron chi connectivity index (χ1n) is 8.90. The number of Topliss-reactive ketones (excluding diaryl/α,β-unsaturated/α-hetero) is 1. The maximum absolute atomic E-state index is 12.3. The van der Waals surface area contributed by atoms with E-state index in [0.29, 0.717) is 17.8 Å². The number of aromatic nitrogens is 3. The molecule has 2 aromatic heterocycles. The van der Waals surface area contributed by atoms with Crippen molar-refractivity contribution in [1.82, 2.24) is 15.0 Å². The van der Waals surface area contributed by atoms with E-state index in [1.807, 2.05) is 42.5 Å². The summed E-state index contributed by atoms with van der Waals surface area (Å²) < 4.78 is 0. The van der Waals surface area contributed by atoms with Crippen molar-refractivity contribution in [1.29, 1.82) is 0 Å². The van der Waals surface area contributed by atoms with Crippen molar-refractivity contribution in [3.05, 3.63) is 72.1 Å². The van der Waals surface area contributed by atoms with Gasteiger partial charge in [-0.1, -0.05) is 30.3 Å². The number of nitrogens with zero attached hydrogens (tertiary/aromatic N) is 3. The highest BCUT2D eigenvalue weighted by Crippen LogP contribution is 2.30. The quantitative estimate of drug-likeness (QED) is 0.289. The molecule has 1 aliphatic carbocycles. The van der Waals surface area contributed by atoms with E-state index in [1.165, 1.54) is 0 Å². The number of benzene rings is 3. The lowest BCUT2D eigenvalue weighted by Crippen LogP contribution is -2.09. The van der Waals surface area contributed by atoms with Crippen LogP contribution in [-0.2, 0) is 0 Å². The van der Waals surface area contributed by atoms with E-state index < -0.39 is 0 Å². The van der Waals surface area contributed by atoms with Gasteiger partial charge in [-0.15, -0.1) is 0 Å². The number of rotatable bonds is 0. The molecule has 126 valence electrons. The van der Waals surface area contributed by atoms with Crippen molar-refractivity contribution in [2.45, 2.75) is 6.42 Å². The number of allylic oxidation sites excluding steroid dienone is 1. The van der Waals surface area contributed by atoms with E-state index in [2.05, 4.69) is 29.2 Å². The third kappa shape index (κ3) is 2.10. The molecule has 0 bridgehead atoms. The molecule has 6 rings (SSSR count). The van der Waals surface area contributed by atoms with Gasteiger partial charge in [0.1, 0.15) is 5.69 Å². The van der Waals surface area contributed by atoms with E-state index in [4.69, 9.17) is 9.97 Å². The predicted octanol–water partition coefficient (Wildman–Crippen LogP) is 5.08. The van der Waals surface area contributed by atoms with Crippen molar-refractivity contribution >= 4 is 55.5 Å². The molecule has 27 heavy (non-hydrogen) atoms. The maximum Gasteiger partial charge on any atom is 0.187 e. The van der Waals surface area contributed by atoms with Gasteiger partial charge in [0.15, 0.2) is 5.78 Å². The molecule has 0 saturated heterocycles. The summed E-state index contributed by atoms with van der Waals surface area (Å²) in [5.41, 5.74) is 4.63. The van der Waals surface area contributed by atoms with Gasteiger partial charge in [0, 0.05) is 22.6 Å². The fraction of sp³-hybridized carbons (Fsp3) is 0.0435. The first-order valence-corrected chi connectivity index (χ1v) is 8.90. The minimum atomic E-state index is 0.0207. The average Bonchev–Trinajstić information content (AvgIpc) is 2.70. The first-order chi connectivity index (χ1) is 13.3. The van der Waals surface area contributed by atoms with Gasteiger partial charge in [-0.25, -0.2) is 15.0 Å². The van der Waals surface area contributed by atoms with E-state index in [1.54, 1.807) is 0 Å². The van der Waals surface area contributed by atoms with Gasteiger partial charge < -0.3 is 0 Å². The molecule has 0 aliphatic heterocycles. The molecular weight excluding hydrogens is 334 g/mol. The molecule has 0 amide bonds. The molecule has 0 radical (unpaired) electrons. The van der Waals surface area contributed by atoms with Crippen LogP contribution < -0.4 is 0 Å². The second-order valence-electron chi connectivity index (χ2n) is 6.87. The van der Waals surface area contributed by atoms with Gasteiger partial charge in [-0.3, -0.25) is 4.79 Å². The van der Waals surface area contributed by atoms with Crippen molar-refractivity contribution in [3.8, 4) is 0 Å². The topological polar surface area (TPSA) is 55.7 Å². The molecule has 0 atom stereocenters. The summed E-state index contributed by atoms with van der Waals surface area (Å²) in [6, 6.07) is 18.5.